The van der Waals surface area contributed by atoms with Gasteiger partial charge in [-0.1, -0.05) is 11.6 Å². The van der Waals surface area contributed by atoms with E-state index in [1.165, 1.54) is 5.56 Å². The van der Waals surface area contributed by atoms with Crippen LogP contribution in [-0.2, 0) is 6.42 Å². The van der Waals surface area contributed by atoms with Crippen LogP contribution in [-0.4, -0.2) is 13.2 Å². The van der Waals surface area contributed by atoms with Gasteiger partial charge >= 0.3 is 0 Å². The highest BCUT2D eigenvalue weighted by Gasteiger charge is 2.18. The summed E-state index contributed by atoms with van der Waals surface area (Å²) >= 11 is 5.99. The first kappa shape index (κ1) is 9.66. The number of hydrogen-bond donors (Lipinski definition) is 1. The summed E-state index contributed by atoms with van der Waals surface area (Å²) in [6, 6.07) is 4.36. The Bertz CT molecular complexity index is 351. The van der Waals surface area contributed by atoms with E-state index in [1.54, 1.807) is 7.11 Å². The molecule has 2 rings (SSSR count). The second-order valence-corrected chi connectivity index (χ2v) is 4.15. The lowest BCUT2D eigenvalue weighted by molar-refractivity contribution is 0.408. The van der Waals surface area contributed by atoms with Crippen molar-refractivity contribution in [1.29, 1.82) is 0 Å². The molecule has 0 spiro atoms. The monoisotopic (exact) mass is 211 g/mol. The lowest BCUT2D eigenvalue weighted by Gasteiger charge is -2.25. The summed E-state index contributed by atoms with van der Waals surface area (Å²) in [5, 5.41) is 4.14. The fourth-order valence-corrected chi connectivity index (χ4v) is 2.09. The Kier molecular flexibility index (Phi) is 2.55. The topological polar surface area (TPSA) is 21.3 Å². The molecule has 76 valence electrons. The molecule has 0 amide bonds. The standard InChI is InChI=1S/C11H14ClNO/c1-7-3-4-9-10(13-7)5-8(12)6-11(9)14-2/h5-7,13H,3-4H2,1-2H3. The van der Waals surface area contributed by atoms with Crippen LogP contribution in [0, 0.1) is 0 Å². The van der Waals surface area contributed by atoms with Gasteiger partial charge < -0.3 is 10.1 Å². The largest absolute Gasteiger partial charge is 0.496 e. The van der Waals surface area contributed by atoms with Gasteiger partial charge in [-0.05, 0) is 31.9 Å². The Morgan fingerprint density at radius 1 is 1.50 bits per heavy atom. The Morgan fingerprint density at radius 3 is 3.00 bits per heavy atom. The first-order valence-corrected chi connectivity index (χ1v) is 5.21. The molecule has 1 unspecified atom stereocenters. The minimum absolute atomic E-state index is 0.519. The Balaban J connectivity index is 2.46. The molecule has 14 heavy (non-hydrogen) atoms. The maximum atomic E-state index is 5.99. The summed E-state index contributed by atoms with van der Waals surface area (Å²) in [6.45, 7) is 2.18. The average Bonchev–Trinajstić information content (AvgIpc) is 2.15. The van der Waals surface area contributed by atoms with Crippen molar-refractivity contribution >= 4 is 17.3 Å². The normalized spacial score (nSPS) is 19.8. The van der Waals surface area contributed by atoms with Gasteiger partial charge in [-0.3, -0.25) is 0 Å². The Hall–Kier alpha value is -0.890. The van der Waals surface area contributed by atoms with Crippen LogP contribution in [0.3, 0.4) is 0 Å². The van der Waals surface area contributed by atoms with Crippen molar-refractivity contribution in [3.05, 3.63) is 22.7 Å². The summed E-state index contributed by atoms with van der Waals surface area (Å²) in [5.41, 5.74) is 2.36. The molecule has 0 bridgehead atoms. The third kappa shape index (κ3) is 1.67. The van der Waals surface area contributed by atoms with Crippen molar-refractivity contribution in [3.63, 3.8) is 0 Å². The summed E-state index contributed by atoms with van der Waals surface area (Å²) in [4.78, 5) is 0. The van der Waals surface area contributed by atoms with Crippen molar-refractivity contribution < 1.29 is 4.74 Å². The van der Waals surface area contributed by atoms with Gasteiger partial charge in [-0.25, -0.2) is 0 Å². The number of methoxy groups -OCH3 is 1. The molecule has 2 nitrogen and oxygen atoms in total. The van der Waals surface area contributed by atoms with Crippen LogP contribution in [0.1, 0.15) is 18.9 Å². The molecule has 1 atom stereocenters. The molecule has 0 aliphatic carbocycles. The predicted molar refractivity (Wildman–Crippen MR) is 59.4 cm³/mol. The first-order chi connectivity index (χ1) is 6.70. The second-order valence-electron chi connectivity index (χ2n) is 3.72. The molecule has 3 heteroatoms. The molecule has 1 aromatic carbocycles. The van der Waals surface area contributed by atoms with Crippen molar-refractivity contribution in [2.75, 3.05) is 12.4 Å². The quantitative estimate of drug-likeness (QED) is 0.771. The summed E-state index contributed by atoms with van der Waals surface area (Å²) in [7, 11) is 1.68. The van der Waals surface area contributed by atoms with Crippen molar-refractivity contribution in [2.45, 2.75) is 25.8 Å². The van der Waals surface area contributed by atoms with Crippen LogP contribution in [0.2, 0.25) is 5.02 Å². The van der Waals surface area contributed by atoms with Crippen LogP contribution in [0.5, 0.6) is 5.75 Å². The van der Waals surface area contributed by atoms with Crippen LogP contribution in [0.25, 0.3) is 0 Å². The number of hydrogen-bond acceptors (Lipinski definition) is 2. The third-order valence-corrected chi connectivity index (χ3v) is 2.84. The Labute approximate surface area is 89.2 Å². The summed E-state index contributed by atoms with van der Waals surface area (Å²) in [6.07, 6.45) is 2.20. The van der Waals surface area contributed by atoms with Gasteiger partial charge in [-0.15, -0.1) is 0 Å². The molecule has 0 saturated carbocycles. The van der Waals surface area contributed by atoms with Gasteiger partial charge in [0.15, 0.2) is 0 Å². The number of ether oxygens (including phenoxy) is 1. The highest BCUT2D eigenvalue weighted by Crippen LogP contribution is 2.35. The molecule has 1 aliphatic heterocycles. The predicted octanol–water partition coefficient (Wildman–Crippen LogP) is 3.10. The summed E-state index contributed by atoms with van der Waals surface area (Å²) < 4.78 is 5.30. The van der Waals surface area contributed by atoms with Crippen LogP contribution >= 0.6 is 11.6 Å². The van der Waals surface area contributed by atoms with Crippen LogP contribution < -0.4 is 10.1 Å². The van der Waals surface area contributed by atoms with Crippen molar-refractivity contribution in [2.24, 2.45) is 0 Å². The molecule has 0 radical (unpaired) electrons. The van der Waals surface area contributed by atoms with E-state index in [1.807, 2.05) is 12.1 Å². The van der Waals surface area contributed by atoms with Crippen LogP contribution in [0.4, 0.5) is 5.69 Å². The molecule has 1 N–H and O–H groups in total. The van der Waals surface area contributed by atoms with Gasteiger partial charge in [0.1, 0.15) is 5.75 Å². The second kappa shape index (κ2) is 3.70. The minimum atomic E-state index is 0.519. The lowest BCUT2D eigenvalue weighted by Crippen LogP contribution is -2.22. The van der Waals surface area contributed by atoms with Gasteiger partial charge in [0.25, 0.3) is 0 Å². The smallest absolute Gasteiger partial charge is 0.125 e. The highest BCUT2D eigenvalue weighted by molar-refractivity contribution is 6.31. The number of anilines is 1. The molecule has 1 aliphatic rings. The number of halogens is 1. The molecule has 0 aromatic heterocycles. The zero-order valence-electron chi connectivity index (χ0n) is 8.43. The SMILES string of the molecule is COc1cc(Cl)cc2c1CCC(C)N2. The maximum absolute atomic E-state index is 5.99. The van der Waals surface area contributed by atoms with E-state index >= 15 is 0 Å². The molecular formula is C11H14ClNO. The molecule has 1 heterocycles. The summed E-state index contributed by atoms with van der Waals surface area (Å²) in [5.74, 6) is 0.895. The lowest BCUT2D eigenvalue weighted by atomic mass is 9.98. The molecule has 1 aromatic rings. The minimum Gasteiger partial charge on any atom is -0.496 e. The highest BCUT2D eigenvalue weighted by atomic mass is 35.5. The van der Waals surface area contributed by atoms with E-state index in [4.69, 9.17) is 16.3 Å². The van der Waals surface area contributed by atoms with E-state index in [2.05, 4.69) is 12.2 Å². The van der Waals surface area contributed by atoms with E-state index in [0.29, 0.717) is 6.04 Å². The van der Waals surface area contributed by atoms with Crippen molar-refractivity contribution in [1.82, 2.24) is 0 Å². The Morgan fingerprint density at radius 2 is 2.29 bits per heavy atom. The molecule has 0 fully saturated rings. The zero-order valence-corrected chi connectivity index (χ0v) is 9.19. The van der Waals surface area contributed by atoms with Crippen molar-refractivity contribution in [3.8, 4) is 5.75 Å². The number of fused-ring (bicyclic) bond motifs is 1. The fraction of sp³-hybridized carbons (Fsp3) is 0.455. The van der Waals surface area contributed by atoms with E-state index in [-0.39, 0.29) is 0 Å². The number of benzene rings is 1. The number of rotatable bonds is 1. The van der Waals surface area contributed by atoms with Gasteiger partial charge in [0.2, 0.25) is 0 Å². The van der Waals surface area contributed by atoms with Gasteiger partial charge in [-0.2, -0.15) is 0 Å². The maximum Gasteiger partial charge on any atom is 0.125 e. The van der Waals surface area contributed by atoms with E-state index in [0.717, 1.165) is 29.3 Å². The van der Waals surface area contributed by atoms with E-state index in [9.17, 15) is 0 Å². The van der Waals surface area contributed by atoms with Gasteiger partial charge in [0.05, 0.1) is 7.11 Å². The third-order valence-electron chi connectivity index (χ3n) is 2.62. The molecular weight excluding hydrogens is 198 g/mol. The zero-order chi connectivity index (χ0) is 10.1. The van der Waals surface area contributed by atoms with E-state index < -0.39 is 0 Å². The number of nitrogens with one attached hydrogen (secondary N) is 1. The fourth-order valence-electron chi connectivity index (χ4n) is 1.88. The average molecular weight is 212 g/mol. The van der Waals surface area contributed by atoms with Crippen LogP contribution in [0.15, 0.2) is 12.1 Å². The molecule has 0 saturated heterocycles. The van der Waals surface area contributed by atoms with Gasteiger partial charge in [0, 0.05) is 22.3 Å². The first-order valence-electron chi connectivity index (χ1n) is 4.83.